The summed E-state index contributed by atoms with van der Waals surface area (Å²) in [5.74, 6) is -1.62. The Hall–Kier alpha value is -1.90. The Morgan fingerprint density at radius 1 is 1.21 bits per heavy atom. The maximum absolute atomic E-state index is 12.7. The first-order valence-electron chi connectivity index (χ1n) is 9.31. The van der Waals surface area contributed by atoms with Gasteiger partial charge in [-0.25, -0.2) is 0 Å². The standard InChI is InChI=1S/C19H26F3N3O2S/c1-25(18(27)16(17(23)26)13-5-3-2-4-6-13)12-11-24-14-7-9-15(10-8-14)28-19(20,21)22/h7-10,13,16,24H,2-6,11-12H2,1H3,(H2,23,26). The van der Waals surface area contributed by atoms with E-state index in [0.717, 1.165) is 32.1 Å². The van der Waals surface area contributed by atoms with Crippen molar-refractivity contribution >= 4 is 29.3 Å². The number of halogens is 3. The molecule has 2 amide bonds. The number of anilines is 1. The molecule has 1 unspecified atom stereocenters. The Balaban J connectivity index is 1.84. The quantitative estimate of drug-likeness (QED) is 0.498. The number of likely N-dealkylation sites (N-methyl/N-ethyl adjacent to an activating group) is 1. The molecule has 0 aromatic heterocycles. The van der Waals surface area contributed by atoms with Gasteiger partial charge in [-0.3, -0.25) is 9.59 Å². The minimum absolute atomic E-state index is 0.00726. The number of nitrogens with two attached hydrogens (primary N) is 1. The monoisotopic (exact) mass is 417 g/mol. The number of rotatable bonds is 8. The van der Waals surface area contributed by atoms with Crippen molar-refractivity contribution in [1.29, 1.82) is 0 Å². The van der Waals surface area contributed by atoms with Gasteiger partial charge >= 0.3 is 5.51 Å². The summed E-state index contributed by atoms with van der Waals surface area (Å²) in [5.41, 5.74) is 1.85. The Morgan fingerprint density at radius 2 is 1.82 bits per heavy atom. The topological polar surface area (TPSA) is 75.4 Å². The van der Waals surface area contributed by atoms with E-state index in [1.807, 2.05) is 0 Å². The molecule has 1 fully saturated rings. The SMILES string of the molecule is CN(CCNc1ccc(SC(F)(F)F)cc1)C(=O)C(C(N)=O)C1CCCCC1. The number of nitrogens with zero attached hydrogens (tertiary/aromatic N) is 1. The largest absolute Gasteiger partial charge is 0.446 e. The molecule has 1 aliphatic carbocycles. The average molecular weight is 417 g/mol. The van der Waals surface area contributed by atoms with E-state index in [-0.39, 0.29) is 28.5 Å². The van der Waals surface area contributed by atoms with Crippen molar-refractivity contribution in [3.8, 4) is 0 Å². The third-order valence-electron chi connectivity index (χ3n) is 4.93. The number of hydrogen-bond acceptors (Lipinski definition) is 4. The molecular weight excluding hydrogens is 391 g/mol. The first kappa shape index (κ1) is 22.4. The fourth-order valence-corrected chi connectivity index (χ4v) is 4.05. The highest BCUT2D eigenvalue weighted by Crippen LogP contribution is 2.37. The zero-order chi connectivity index (χ0) is 20.7. The number of hydrogen-bond donors (Lipinski definition) is 2. The summed E-state index contributed by atoms with van der Waals surface area (Å²) in [5, 5.41) is 3.07. The second-order valence-electron chi connectivity index (χ2n) is 7.04. The molecule has 1 aromatic carbocycles. The van der Waals surface area contributed by atoms with Crippen LogP contribution >= 0.6 is 11.8 Å². The molecule has 3 N–H and O–H groups in total. The van der Waals surface area contributed by atoms with Crippen LogP contribution in [-0.4, -0.2) is 42.4 Å². The summed E-state index contributed by atoms with van der Waals surface area (Å²) in [6, 6.07) is 5.90. The van der Waals surface area contributed by atoms with Crippen molar-refractivity contribution in [3.05, 3.63) is 24.3 Å². The number of carbonyl (C=O) groups excluding carboxylic acids is 2. The van der Waals surface area contributed by atoms with E-state index >= 15 is 0 Å². The van der Waals surface area contributed by atoms with E-state index in [9.17, 15) is 22.8 Å². The highest BCUT2D eigenvalue weighted by Gasteiger charge is 2.35. The molecule has 1 aliphatic rings. The van der Waals surface area contributed by atoms with Gasteiger partial charge in [-0.05, 0) is 54.8 Å². The Morgan fingerprint density at radius 3 is 2.36 bits per heavy atom. The van der Waals surface area contributed by atoms with Crippen molar-refractivity contribution in [2.24, 2.45) is 17.6 Å². The van der Waals surface area contributed by atoms with Crippen LogP contribution in [0.15, 0.2) is 29.2 Å². The van der Waals surface area contributed by atoms with Gasteiger partial charge < -0.3 is 16.0 Å². The lowest BCUT2D eigenvalue weighted by molar-refractivity contribution is -0.142. The fraction of sp³-hybridized carbons (Fsp3) is 0.579. The second-order valence-corrected chi connectivity index (χ2v) is 8.18. The van der Waals surface area contributed by atoms with E-state index in [2.05, 4.69) is 5.32 Å². The Kier molecular flexibility index (Phi) is 8.03. The maximum atomic E-state index is 12.7. The summed E-state index contributed by atoms with van der Waals surface area (Å²) < 4.78 is 37.0. The molecule has 0 saturated heterocycles. The van der Waals surface area contributed by atoms with E-state index in [1.165, 1.54) is 17.0 Å². The summed E-state index contributed by atoms with van der Waals surface area (Å²) >= 11 is -0.163. The van der Waals surface area contributed by atoms with Crippen LogP contribution in [0.2, 0.25) is 0 Å². The summed E-state index contributed by atoms with van der Waals surface area (Å²) in [7, 11) is 1.63. The van der Waals surface area contributed by atoms with Gasteiger partial charge in [-0.15, -0.1) is 0 Å². The molecule has 0 heterocycles. The van der Waals surface area contributed by atoms with Gasteiger partial charge in [0, 0.05) is 30.7 Å². The first-order valence-corrected chi connectivity index (χ1v) is 10.1. The highest BCUT2D eigenvalue weighted by molar-refractivity contribution is 8.00. The second kappa shape index (κ2) is 10.0. The van der Waals surface area contributed by atoms with Crippen LogP contribution in [0, 0.1) is 11.8 Å². The molecular formula is C19H26F3N3O2S. The number of amides is 2. The minimum atomic E-state index is -4.31. The molecule has 1 atom stereocenters. The predicted molar refractivity (Wildman–Crippen MR) is 104 cm³/mol. The smallest absolute Gasteiger partial charge is 0.383 e. The van der Waals surface area contributed by atoms with Gasteiger partial charge in [-0.2, -0.15) is 13.2 Å². The predicted octanol–water partition coefficient (Wildman–Crippen LogP) is 3.85. The van der Waals surface area contributed by atoms with Gasteiger partial charge in [0.15, 0.2) is 0 Å². The van der Waals surface area contributed by atoms with Crippen molar-refractivity contribution in [3.63, 3.8) is 0 Å². The van der Waals surface area contributed by atoms with Crippen LogP contribution in [0.3, 0.4) is 0 Å². The molecule has 1 saturated carbocycles. The summed E-state index contributed by atoms with van der Waals surface area (Å²) in [4.78, 5) is 26.1. The molecule has 0 aliphatic heterocycles. The summed E-state index contributed by atoms with van der Waals surface area (Å²) in [6.07, 6.45) is 4.82. The van der Waals surface area contributed by atoms with Gasteiger partial charge in [0.25, 0.3) is 0 Å². The van der Waals surface area contributed by atoms with Crippen molar-refractivity contribution in [2.75, 3.05) is 25.5 Å². The third-order valence-corrected chi connectivity index (χ3v) is 5.67. The van der Waals surface area contributed by atoms with E-state index in [0.29, 0.717) is 18.8 Å². The minimum Gasteiger partial charge on any atom is -0.383 e. The maximum Gasteiger partial charge on any atom is 0.446 e. The molecule has 0 spiro atoms. The normalized spacial score (nSPS) is 16.4. The molecule has 9 heteroatoms. The van der Waals surface area contributed by atoms with E-state index in [1.54, 1.807) is 19.2 Å². The van der Waals surface area contributed by atoms with Crippen molar-refractivity contribution in [1.82, 2.24) is 4.90 Å². The molecule has 0 bridgehead atoms. The first-order chi connectivity index (χ1) is 13.2. The number of nitrogens with one attached hydrogen (secondary N) is 1. The Bertz CT molecular complexity index is 661. The number of primary amides is 1. The zero-order valence-electron chi connectivity index (χ0n) is 15.8. The number of benzene rings is 1. The third kappa shape index (κ3) is 6.92. The molecule has 2 rings (SSSR count). The summed E-state index contributed by atoms with van der Waals surface area (Å²) in [6.45, 7) is 0.762. The van der Waals surface area contributed by atoms with Crippen LogP contribution in [-0.2, 0) is 9.59 Å². The highest BCUT2D eigenvalue weighted by atomic mass is 32.2. The lowest BCUT2D eigenvalue weighted by Crippen LogP contribution is -2.45. The molecule has 0 radical (unpaired) electrons. The molecule has 156 valence electrons. The van der Waals surface area contributed by atoms with Crippen molar-refractivity contribution < 1.29 is 22.8 Å². The fourth-order valence-electron chi connectivity index (χ4n) is 3.51. The van der Waals surface area contributed by atoms with Crippen LogP contribution in [0.5, 0.6) is 0 Å². The average Bonchev–Trinajstić information content (AvgIpc) is 2.62. The number of alkyl halides is 3. The van der Waals surface area contributed by atoms with E-state index < -0.39 is 17.3 Å². The van der Waals surface area contributed by atoms with Gasteiger partial charge in [-0.1, -0.05) is 19.3 Å². The lowest BCUT2D eigenvalue weighted by atomic mass is 9.79. The molecule has 28 heavy (non-hydrogen) atoms. The van der Waals surface area contributed by atoms with E-state index in [4.69, 9.17) is 5.73 Å². The Labute approximate surface area is 167 Å². The van der Waals surface area contributed by atoms with Crippen molar-refractivity contribution in [2.45, 2.75) is 42.5 Å². The molecule has 5 nitrogen and oxygen atoms in total. The van der Waals surface area contributed by atoms with Gasteiger partial charge in [0.05, 0.1) is 0 Å². The number of carbonyl (C=O) groups is 2. The number of thioether (sulfide) groups is 1. The van der Waals surface area contributed by atoms with Crippen LogP contribution in [0.4, 0.5) is 18.9 Å². The van der Waals surface area contributed by atoms with Crippen LogP contribution in [0.25, 0.3) is 0 Å². The van der Waals surface area contributed by atoms with Gasteiger partial charge in [0.2, 0.25) is 11.8 Å². The molecule has 1 aromatic rings. The van der Waals surface area contributed by atoms with Crippen LogP contribution < -0.4 is 11.1 Å². The zero-order valence-corrected chi connectivity index (χ0v) is 16.6. The lowest BCUT2D eigenvalue weighted by Gasteiger charge is -2.30. The van der Waals surface area contributed by atoms with Gasteiger partial charge in [0.1, 0.15) is 5.92 Å². The van der Waals surface area contributed by atoms with Crippen LogP contribution in [0.1, 0.15) is 32.1 Å².